The summed E-state index contributed by atoms with van der Waals surface area (Å²) in [6.45, 7) is 4.30. The van der Waals surface area contributed by atoms with E-state index in [0.717, 1.165) is 11.2 Å². The molecule has 0 atom stereocenters. The minimum Gasteiger partial charge on any atom is -0.455 e. The van der Waals surface area contributed by atoms with E-state index in [1.807, 2.05) is 0 Å². The second-order valence-electron chi connectivity index (χ2n) is 8.26. The van der Waals surface area contributed by atoms with Gasteiger partial charge in [0, 0.05) is 22.9 Å². The van der Waals surface area contributed by atoms with Crippen LogP contribution in [0.4, 0.5) is 0 Å². The molecule has 0 N–H and O–H groups in total. The van der Waals surface area contributed by atoms with E-state index in [1.54, 1.807) is 0 Å². The number of benzene rings is 4. The molecule has 0 aliphatic carbocycles. The van der Waals surface area contributed by atoms with Gasteiger partial charge in [0.1, 0.15) is 18.2 Å². The average Bonchev–Trinajstić information content (AvgIpc) is 3.14. The monoisotopic (exact) mass is 388 g/mol. The third-order valence-corrected chi connectivity index (χ3v) is 6.30. The van der Waals surface area contributed by atoms with Crippen molar-refractivity contribution in [1.82, 2.24) is 0 Å². The van der Waals surface area contributed by atoms with Crippen LogP contribution in [0, 0.1) is 13.8 Å². The Morgan fingerprint density at radius 3 is 2.43 bits per heavy atom. The molecule has 0 saturated carbocycles. The summed E-state index contributed by atoms with van der Waals surface area (Å²) in [5.41, 5.74) is 6.71. The van der Waals surface area contributed by atoms with Crippen LogP contribution in [0.25, 0.3) is 54.7 Å². The Morgan fingerprint density at radius 1 is 0.733 bits per heavy atom. The van der Waals surface area contributed by atoms with E-state index in [0.29, 0.717) is 0 Å². The Morgan fingerprint density at radius 2 is 1.53 bits per heavy atom. The fraction of sp³-hybridized carbons (Fsp3) is 0.107. The lowest BCUT2D eigenvalue weighted by Crippen LogP contribution is -2.30. The van der Waals surface area contributed by atoms with Crippen molar-refractivity contribution in [2.24, 2.45) is 7.05 Å². The highest BCUT2D eigenvalue weighted by atomic mass is 16.3. The molecule has 0 aliphatic heterocycles. The standard InChI is InChI=1S/C28H22NO/c1-17-14-15-29(3)24(16-17)26-18(2)8-10-23-27-22-11-9-19-6-4-5-7-20(19)21(22)12-13-25(27)30-28(23)26/h4-16H,1-3H3/q+1. The quantitative estimate of drug-likeness (QED) is 0.219. The van der Waals surface area contributed by atoms with Crippen LogP contribution in [0.1, 0.15) is 11.1 Å². The van der Waals surface area contributed by atoms with Crippen LogP contribution in [0.15, 0.2) is 83.4 Å². The number of fused-ring (bicyclic) bond motifs is 7. The summed E-state index contributed by atoms with van der Waals surface area (Å²) < 4.78 is 8.69. The number of hydrogen-bond donors (Lipinski definition) is 0. The van der Waals surface area contributed by atoms with E-state index >= 15 is 0 Å². The van der Waals surface area contributed by atoms with E-state index in [9.17, 15) is 0 Å². The molecule has 6 aromatic rings. The molecule has 4 aromatic carbocycles. The minimum absolute atomic E-state index is 0.940. The van der Waals surface area contributed by atoms with Gasteiger partial charge >= 0.3 is 0 Å². The molecule has 2 heteroatoms. The van der Waals surface area contributed by atoms with Crippen LogP contribution in [-0.2, 0) is 7.05 Å². The summed E-state index contributed by atoms with van der Waals surface area (Å²) in [7, 11) is 2.09. The first-order valence-corrected chi connectivity index (χ1v) is 10.3. The van der Waals surface area contributed by atoms with Gasteiger partial charge in [0.05, 0.1) is 5.56 Å². The van der Waals surface area contributed by atoms with Crippen LogP contribution in [0.2, 0.25) is 0 Å². The highest BCUT2D eigenvalue weighted by Crippen LogP contribution is 2.41. The number of aryl methyl sites for hydroxylation is 3. The Balaban J connectivity index is 1.79. The smallest absolute Gasteiger partial charge is 0.216 e. The molecule has 0 unspecified atom stereocenters. The van der Waals surface area contributed by atoms with Gasteiger partial charge in [0.15, 0.2) is 6.20 Å². The topological polar surface area (TPSA) is 17.0 Å². The largest absolute Gasteiger partial charge is 0.455 e. The first-order chi connectivity index (χ1) is 14.6. The molecule has 30 heavy (non-hydrogen) atoms. The zero-order valence-electron chi connectivity index (χ0n) is 17.4. The van der Waals surface area contributed by atoms with Crippen LogP contribution >= 0.6 is 0 Å². The molecule has 0 bridgehead atoms. The highest BCUT2D eigenvalue weighted by Gasteiger charge is 2.21. The van der Waals surface area contributed by atoms with Gasteiger partial charge in [-0.25, -0.2) is 4.57 Å². The Hall–Kier alpha value is -3.65. The molecule has 0 radical (unpaired) electrons. The van der Waals surface area contributed by atoms with Gasteiger partial charge in [-0.15, -0.1) is 0 Å². The first kappa shape index (κ1) is 17.2. The average molecular weight is 388 g/mol. The zero-order valence-corrected chi connectivity index (χ0v) is 17.4. The van der Waals surface area contributed by atoms with E-state index in [2.05, 4.69) is 104 Å². The Kier molecular flexibility index (Phi) is 3.54. The van der Waals surface area contributed by atoms with Crippen molar-refractivity contribution in [2.75, 3.05) is 0 Å². The number of rotatable bonds is 1. The molecule has 0 saturated heterocycles. The first-order valence-electron chi connectivity index (χ1n) is 10.3. The number of aromatic nitrogens is 1. The molecule has 6 rings (SSSR count). The molecule has 2 heterocycles. The fourth-order valence-corrected chi connectivity index (χ4v) is 4.77. The molecular formula is C28H22NO+. The van der Waals surface area contributed by atoms with Gasteiger partial charge in [-0.1, -0.05) is 54.6 Å². The second kappa shape index (κ2) is 6.17. The van der Waals surface area contributed by atoms with Crippen molar-refractivity contribution in [3.05, 3.63) is 90.1 Å². The number of nitrogens with zero attached hydrogens (tertiary/aromatic N) is 1. The second-order valence-corrected chi connectivity index (χ2v) is 8.26. The van der Waals surface area contributed by atoms with Crippen molar-refractivity contribution in [2.45, 2.75) is 13.8 Å². The van der Waals surface area contributed by atoms with E-state index < -0.39 is 0 Å². The van der Waals surface area contributed by atoms with Crippen molar-refractivity contribution >= 4 is 43.5 Å². The summed E-state index contributed by atoms with van der Waals surface area (Å²) in [5, 5.41) is 7.43. The van der Waals surface area contributed by atoms with Crippen molar-refractivity contribution in [1.29, 1.82) is 0 Å². The zero-order chi connectivity index (χ0) is 20.4. The molecule has 0 spiro atoms. The maximum absolute atomic E-state index is 6.52. The van der Waals surface area contributed by atoms with Crippen LogP contribution in [-0.4, -0.2) is 0 Å². The van der Waals surface area contributed by atoms with Crippen molar-refractivity contribution < 1.29 is 8.98 Å². The van der Waals surface area contributed by atoms with Crippen LogP contribution in [0.5, 0.6) is 0 Å². The van der Waals surface area contributed by atoms with Gasteiger partial charge in [-0.2, -0.15) is 0 Å². The summed E-state index contributed by atoms with van der Waals surface area (Å²) in [4.78, 5) is 0. The Labute approximate surface area is 175 Å². The summed E-state index contributed by atoms with van der Waals surface area (Å²) in [6.07, 6.45) is 2.12. The van der Waals surface area contributed by atoms with Gasteiger partial charge in [0.2, 0.25) is 5.69 Å². The van der Waals surface area contributed by atoms with E-state index in [-0.39, 0.29) is 0 Å². The molecule has 0 fully saturated rings. The summed E-state index contributed by atoms with van der Waals surface area (Å²) >= 11 is 0. The van der Waals surface area contributed by atoms with Gasteiger partial charge in [0.25, 0.3) is 0 Å². The lowest BCUT2D eigenvalue weighted by molar-refractivity contribution is -0.660. The predicted octanol–water partition coefficient (Wildman–Crippen LogP) is 7.00. The number of hydrogen-bond acceptors (Lipinski definition) is 1. The van der Waals surface area contributed by atoms with Crippen molar-refractivity contribution in [3.8, 4) is 11.3 Å². The molecule has 2 aromatic heterocycles. The van der Waals surface area contributed by atoms with Crippen LogP contribution < -0.4 is 4.57 Å². The SMILES string of the molecule is Cc1cc[n+](C)c(-c2c(C)ccc3c2oc2ccc4c5ccccc5ccc4c23)c1. The number of furan rings is 1. The molecule has 2 nitrogen and oxygen atoms in total. The maximum Gasteiger partial charge on any atom is 0.216 e. The Bertz CT molecular complexity index is 1620. The molecule has 144 valence electrons. The molecule has 0 amide bonds. The van der Waals surface area contributed by atoms with Gasteiger partial charge in [-0.3, -0.25) is 0 Å². The summed E-state index contributed by atoms with van der Waals surface area (Å²) in [5.74, 6) is 0. The van der Waals surface area contributed by atoms with Crippen LogP contribution in [0.3, 0.4) is 0 Å². The lowest BCUT2D eigenvalue weighted by Gasteiger charge is -2.06. The number of pyridine rings is 1. The lowest BCUT2D eigenvalue weighted by atomic mass is 9.96. The van der Waals surface area contributed by atoms with E-state index in [1.165, 1.54) is 54.7 Å². The fourth-order valence-electron chi connectivity index (χ4n) is 4.77. The minimum atomic E-state index is 0.940. The third kappa shape index (κ3) is 2.34. The summed E-state index contributed by atoms with van der Waals surface area (Å²) in [6, 6.07) is 26.2. The predicted molar refractivity (Wildman–Crippen MR) is 125 cm³/mol. The van der Waals surface area contributed by atoms with Crippen molar-refractivity contribution in [3.63, 3.8) is 0 Å². The normalized spacial score (nSPS) is 11.8. The van der Waals surface area contributed by atoms with Gasteiger partial charge in [-0.05, 0) is 52.6 Å². The molecular weight excluding hydrogens is 366 g/mol. The highest BCUT2D eigenvalue weighted by molar-refractivity contribution is 6.24. The van der Waals surface area contributed by atoms with E-state index in [4.69, 9.17) is 4.42 Å². The maximum atomic E-state index is 6.52. The molecule has 0 aliphatic rings. The third-order valence-electron chi connectivity index (χ3n) is 6.30. The van der Waals surface area contributed by atoms with Gasteiger partial charge < -0.3 is 4.42 Å².